The van der Waals surface area contributed by atoms with Crippen molar-refractivity contribution in [2.45, 2.75) is 64.3 Å². The van der Waals surface area contributed by atoms with Crippen LogP contribution >= 0.6 is 0 Å². The molecule has 0 atom stereocenters. The van der Waals surface area contributed by atoms with Crippen LogP contribution in [0.25, 0.3) is 0 Å². The fraction of sp³-hybridized carbons (Fsp3) is 0.909. The summed E-state index contributed by atoms with van der Waals surface area (Å²) in [4.78, 5) is 11.7. The molecule has 0 rings (SSSR count). The van der Waals surface area contributed by atoms with Gasteiger partial charge in [0.05, 0.1) is 0 Å². The highest BCUT2D eigenvalue weighted by molar-refractivity contribution is 7.09. The quantitative estimate of drug-likeness (QED) is 0.682. The van der Waals surface area contributed by atoms with Gasteiger partial charge in [-0.2, -0.15) is 13.2 Å². The van der Waals surface area contributed by atoms with E-state index in [1.54, 1.807) is 41.5 Å². The molecule has 0 radical (unpaired) electrons. The highest BCUT2D eigenvalue weighted by atomic mass is 28.3. The van der Waals surface area contributed by atoms with Crippen LogP contribution in [0.1, 0.15) is 41.5 Å². The minimum atomic E-state index is -4.69. The molecule has 0 saturated carbocycles. The second-order valence-electron chi connectivity index (χ2n) is 5.22. The summed E-state index contributed by atoms with van der Waals surface area (Å²) in [7, 11) is -3.03. The van der Waals surface area contributed by atoms with Crippen molar-refractivity contribution < 1.29 is 18.0 Å². The molecule has 0 heterocycles. The molecule has 0 fully saturated rings. The van der Waals surface area contributed by atoms with Gasteiger partial charge in [-0.3, -0.25) is 4.79 Å². The number of halogens is 3. The Kier molecular flexibility index (Phi) is 4.80. The lowest BCUT2D eigenvalue weighted by atomic mass is 10.5. The van der Waals surface area contributed by atoms with Crippen LogP contribution < -0.4 is 0 Å². The van der Waals surface area contributed by atoms with Crippen molar-refractivity contribution in [2.75, 3.05) is 0 Å². The molecular weight excluding hydrogens is 233 g/mol. The number of hydrogen-bond acceptors (Lipinski definition) is 1. The topological polar surface area (TPSA) is 17.1 Å². The third kappa shape index (κ3) is 2.50. The summed E-state index contributed by atoms with van der Waals surface area (Å²) in [5, 5.41) is -1.44. The number of hydrogen-bond donors (Lipinski definition) is 0. The molecular formula is C11H21F3OSi. The first-order valence-electron chi connectivity index (χ1n) is 5.60. The van der Waals surface area contributed by atoms with E-state index in [9.17, 15) is 18.0 Å². The number of carbonyl (C=O) groups excluding carboxylic acids is 1. The Morgan fingerprint density at radius 2 is 1.12 bits per heavy atom. The summed E-state index contributed by atoms with van der Waals surface area (Å²) in [6.45, 7) is 10.5. The summed E-state index contributed by atoms with van der Waals surface area (Å²) in [6.07, 6.45) is -4.69. The maximum absolute atomic E-state index is 12.7. The number of carbonyl (C=O) groups is 1. The SMILES string of the molecule is CC(C)[Si](C(=O)C(F)(F)F)(C(C)C)C(C)C. The predicted octanol–water partition coefficient (Wildman–Crippen LogP) is 4.34. The van der Waals surface area contributed by atoms with Gasteiger partial charge in [0.2, 0.25) is 5.41 Å². The van der Waals surface area contributed by atoms with Crippen molar-refractivity contribution in [3.63, 3.8) is 0 Å². The van der Waals surface area contributed by atoms with Gasteiger partial charge in [0, 0.05) is 0 Å². The Bertz CT molecular complexity index is 235. The van der Waals surface area contributed by atoms with Crippen LogP contribution in [0, 0.1) is 0 Å². The van der Waals surface area contributed by atoms with Crippen LogP contribution in [0.3, 0.4) is 0 Å². The lowest BCUT2D eigenvalue weighted by molar-refractivity contribution is -0.163. The van der Waals surface area contributed by atoms with Gasteiger partial charge < -0.3 is 0 Å². The third-order valence-electron chi connectivity index (χ3n) is 3.52. The smallest absolute Gasteiger partial charge is 0.295 e. The van der Waals surface area contributed by atoms with Crippen LogP contribution in [0.5, 0.6) is 0 Å². The van der Waals surface area contributed by atoms with Gasteiger partial charge in [-0.05, 0) is 16.6 Å². The van der Waals surface area contributed by atoms with E-state index >= 15 is 0 Å². The Labute approximate surface area is 96.4 Å². The van der Waals surface area contributed by atoms with E-state index in [4.69, 9.17) is 0 Å². The Balaban J connectivity index is 5.64. The second-order valence-corrected chi connectivity index (χ2v) is 11.0. The first kappa shape index (κ1) is 15.7. The maximum atomic E-state index is 12.7. The van der Waals surface area contributed by atoms with E-state index < -0.39 is 19.7 Å². The zero-order valence-corrected chi connectivity index (χ0v) is 11.8. The van der Waals surface area contributed by atoms with E-state index in [-0.39, 0.29) is 16.6 Å². The van der Waals surface area contributed by atoms with Crippen LogP contribution in [0.15, 0.2) is 0 Å². The molecule has 16 heavy (non-hydrogen) atoms. The van der Waals surface area contributed by atoms with Crippen molar-refractivity contribution >= 4 is 13.5 Å². The standard InChI is InChI=1S/C11H21F3OSi/c1-7(2)16(8(3)4,9(5)6)10(15)11(12,13)14/h7-9H,1-6H3. The summed E-state index contributed by atoms with van der Waals surface area (Å²) < 4.78 is 38.1. The minimum absolute atomic E-state index is 0.193. The van der Waals surface area contributed by atoms with E-state index in [0.717, 1.165) is 0 Å². The van der Waals surface area contributed by atoms with Crippen LogP contribution in [-0.4, -0.2) is 19.7 Å². The molecule has 0 aromatic heterocycles. The highest BCUT2D eigenvalue weighted by Gasteiger charge is 2.59. The number of rotatable bonds is 4. The summed E-state index contributed by atoms with van der Waals surface area (Å²) in [6, 6.07) is 0. The van der Waals surface area contributed by atoms with Crippen LogP contribution in [0.4, 0.5) is 13.2 Å². The van der Waals surface area contributed by atoms with E-state index in [2.05, 4.69) is 0 Å². The average Bonchev–Trinajstić information content (AvgIpc) is 2.00. The maximum Gasteiger partial charge on any atom is 0.444 e. The molecule has 0 bridgehead atoms. The average molecular weight is 254 g/mol. The van der Waals surface area contributed by atoms with Gasteiger partial charge in [-0.15, -0.1) is 0 Å². The van der Waals surface area contributed by atoms with E-state index in [1.165, 1.54) is 0 Å². The van der Waals surface area contributed by atoms with Gasteiger partial charge >= 0.3 is 6.18 Å². The van der Waals surface area contributed by atoms with Crippen molar-refractivity contribution in [2.24, 2.45) is 0 Å². The summed E-state index contributed by atoms with van der Waals surface area (Å²) >= 11 is 0. The third-order valence-corrected chi connectivity index (χ3v) is 10.3. The van der Waals surface area contributed by atoms with Crippen molar-refractivity contribution in [1.29, 1.82) is 0 Å². The molecule has 0 aliphatic rings. The number of alkyl halides is 3. The minimum Gasteiger partial charge on any atom is -0.295 e. The Morgan fingerprint density at radius 3 is 1.19 bits per heavy atom. The van der Waals surface area contributed by atoms with Crippen molar-refractivity contribution in [3.8, 4) is 0 Å². The van der Waals surface area contributed by atoms with Gasteiger partial charge in [0.1, 0.15) is 0 Å². The van der Waals surface area contributed by atoms with E-state index in [0.29, 0.717) is 0 Å². The highest BCUT2D eigenvalue weighted by Crippen LogP contribution is 2.45. The lowest BCUT2D eigenvalue weighted by Crippen LogP contribution is -2.57. The second kappa shape index (κ2) is 4.90. The summed E-state index contributed by atoms with van der Waals surface area (Å²) in [5.74, 6) is 0. The molecule has 0 N–H and O–H groups in total. The normalized spacial score (nSPS) is 14.0. The lowest BCUT2D eigenvalue weighted by Gasteiger charge is -2.41. The van der Waals surface area contributed by atoms with Crippen molar-refractivity contribution in [3.05, 3.63) is 0 Å². The molecule has 5 heteroatoms. The molecule has 0 aliphatic heterocycles. The predicted molar refractivity (Wildman–Crippen MR) is 62.1 cm³/mol. The van der Waals surface area contributed by atoms with Gasteiger partial charge in [-0.25, -0.2) is 0 Å². The summed E-state index contributed by atoms with van der Waals surface area (Å²) in [5.41, 5.74) is -0.579. The first-order valence-corrected chi connectivity index (χ1v) is 7.83. The largest absolute Gasteiger partial charge is 0.444 e. The fourth-order valence-electron chi connectivity index (χ4n) is 3.03. The molecule has 0 aromatic rings. The Morgan fingerprint density at radius 1 is 0.875 bits per heavy atom. The zero-order chi connectivity index (χ0) is 13.3. The zero-order valence-electron chi connectivity index (χ0n) is 10.8. The van der Waals surface area contributed by atoms with E-state index in [1.807, 2.05) is 0 Å². The molecule has 96 valence electrons. The van der Waals surface area contributed by atoms with Gasteiger partial charge in [0.15, 0.2) is 8.07 Å². The monoisotopic (exact) mass is 254 g/mol. The molecule has 0 saturated heterocycles. The van der Waals surface area contributed by atoms with Crippen LogP contribution in [0.2, 0.25) is 16.6 Å². The molecule has 0 amide bonds. The molecule has 1 nitrogen and oxygen atoms in total. The van der Waals surface area contributed by atoms with Crippen molar-refractivity contribution in [1.82, 2.24) is 0 Å². The molecule has 0 aromatic carbocycles. The van der Waals surface area contributed by atoms with Crippen LogP contribution in [-0.2, 0) is 4.79 Å². The molecule has 0 unspecified atom stereocenters. The molecule has 0 spiro atoms. The Hall–Kier alpha value is -0.323. The van der Waals surface area contributed by atoms with Gasteiger partial charge in [0.25, 0.3) is 0 Å². The first-order chi connectivity index (χ1) is 6.98. The fourth-order valence-corrected chi connectivity index (χ4v) is 9.10. The van der Waals surface area contributed by atoms with Gasteiger partial charge in [-0.1, -0.05) is 41.5 Å². The molecule has 0 aliphatic carbocycles.